The molecule has 1 atom stereocenters. The zero-order valence-corrected chi connectivity index (χ0v) is 13.9. The maximum atomic E-state index is 12.4. The highest BCUT2D eigenvalue weighted by Gasteiger charge is 2.51. The highest BCUT2D eigenvalue weighted by Crippen LogP contribution is 2.55. The maximum absolute atomic E-state index is 12.4. The van der Waals surface area contributed by atoms with E-state index in [-0.39, 0.29) is 23.5 Å². The van der Waals surface area contributed by atoms with Crippen LogP contribution < -0.4 is 10.6 Å². The van der Waals surface area contributed by atoms with Crippen LogP contribution in [0.3, 0.4) is 0 Å². The molecular weight excluding hydrogens is 280 g/mol. The van der Waals surface area contributed by atoms with E-state index in [1.165, 1.54) is 26.4 Å². The largest absolute Gasteiger partial charge is 0.467 e. The van der Waals surface area contributed by atoms with Crippen LogP contribution in [0.2, 0.25) is 0 Å². The fourth-order valence-corrected chi connectivity index (χ4v) is 5.31. The fraction of sp³-hybridized carbons (Fsp3) is 0.882. The van der Waals surface area contributed by atoms with Crippen molar-refractivity contribution in [2.24, 2.45) is 23.7 Å². The molecule has 5 nitrogen and oxygen atoms in total. The lowest BCUT2D eigenvalue weighted by atomic mass is 9.53. The van der Waals surface area contributed by atoms with Crippen molar-refractivity contribution in [3.63, 3.8) is 0 Å². The van der Waals surface area contributed by atoms with E-state index in [1.807, 2.05) is 13.8 Å². The van der Waals surface area contributed by atoms with E-state index in [0.717, 1.165) is 37.0 Å². The Morgan fingerprint density at radius 2 is 1.55 bits per heavy atom. The summed E-state index contributed by atoms with van der Waals surface area (Å²) in [6.45, 7) is 3.82. The average Bonchev–Trinajstić information content (AvgIpc) is 2.41. The number of nitrogens with one attached hydrogen (secondary N) is 2. The molecule has 2 N–H and O–H groups in total. The minimum absolute atomic E-state index is 0.00885. The van der Waals surface area contributed by atoms with Gasteiger partial charge in [0.05, 0.1) is 7.11 Å². The van der Waals surface area contributed by atoms with Gasteiger partial charge in [-0.1, -0.05) is 13.8 Å². The summed E-state index contributed by atoms with van der Waals surface area (Å²) in [5.41, 5.74) is -0.0313. The summed E-state index contributed by atoms with van der Waals surface area (Å²) < 4.78 is 4.79. The highest BCUT2D eigenvalue weighted by molar-refractivity contribution is 5.84. The van der Waals surface area contributed by atoms with Gasteiger partial charge < -0.3 is 15.4 Å². The Balaban J connectivity index is 1.63. The van der Waals surface area contributed by atoms with Gasteiger partial charge in [-0.2, -0.15) is 0 Å². The van der Waals surface area contributed by atoms with Crippen molar-refractivity contribution in [3.8, 4) is 0 Å². The van der Waals surface area contributed by atoms with Gasteiger partial charge in [0.25, 0.3) is 0 Å². The van der Waals surface area contributed by atoms with Crippen LogP contribution in [0, 0.1) is 23.7 Å². The second-order valence-corrected chi connectivity index (χ2v) is 8.04. The van der Waals surface area contributed by atoms with E-state index >= 15 is 0 Å². The lowest BCUT2D eigenvalue weighted by Gasteiger charge is -2.56. The molecule has 0 aromatic heterocycles. The van der Waals surface area contributed by atoms with Crippen LogP contribution in [-0.2, 0) is 9.53 Å². The van der Waals surface area contributed by atoms with Crippen molar-refractivity contribution in [2.45, 2.75) is 64.0 Å². The normalized spacial score (nSPS) is 37.0. The fourth-order valence-electron chi connectivity index (χ4n) is 5.31. The quantitative estimate of drug-likeness (QED) is 0.784. The molecule has 124 valence electrons. The van der Waals surface area contributed by atoms with Crippen molar-refractivity contribution >= 4 is 12.0 Å². The third-order valence-corrected chi connectivity index (χ3v) is 5.83. The van der Waals surface area contributed by atoms with Gasteiger partial charge in [0.1, 0.15) is 6.04 Å². The number of hydrogen-bond acceptors (Lipinski definition) is 3. The smallest absolute Gasteiger partial charge is 0.328 e. The molecule has 0 aromatic rings. The number of methoxy groups -OCH3 is 1. The van der Waals surface area contributed by atoms with Gasteiger partial charge in [0.15, 0.2) is 0 Å². The number of esters is 1. The Hall–Kier alpha value is -1.26. The molecule has 0 heterocycles. The van der Waals surface area contributed by atoms with E-state index in [1.54, 1.807) is 0 Å². The first-order chi connectivity index (χ1) is 10.4. The van der Waals surface area contributed by atoms with Crippen LogP contribution in [0.4, 0.5) is 4.79 Å². The number of carbonyl (C=O) groups excluding carboxylic acids is 2. The number of hydrogen-bond donors (Lipinski definition) is 2. The molecule has 4 rings (SSSR count). The summed E-state index contributed by atoms with van der Waals surface area (Å²) in [4.78, 5) is 24.2. The van der Waals surface area contributed by atoms with Crippen LogP contribution >= 0.6 is 0 Å². The van der Waals surface area contributed by atoms with Gasteiger partial charge in [0.2, 0.25) is 0 Å². The van der Waals surface area contributed by atoms with Gasteiger partial charge in [-0.3, -0.25) is 0 Å². The monoisotopic (exact) mass is 308 g/mol. The Labute approximate surface area is 132 Å². The highest BCUT2D eigenvalue weighted by atomic mass is 16.5. The summed E-state index contributed by atoms with van der Waals surface area (Å²) in [5, 5.41) is 6.05. The van der Waals surface area contributed by atoms with E-state index < -0.39 is 6.04 Å². The minimum Gasteiger partial charge on any atom is -0.467 e. The Morgan fingerprint density at radius 3 is 1.95 bits per heavy atom. The maximum Gasteiger partial charge on any atom is 0.328 e. The Kier molecular flexibility index (Phi) is 4.08. The number of carbonyl (C=O) groups is 2. The molecule has 0 unspecified atom stereocenters. The minimum atomic E-state index is -0.584. The van der Waals surface area contributed by atoms with Crippen molar-refractivity contribution in [2.75, 3.05) is 7.11 Å². The van der Waals surface area contributed by atoms with Crippen LogP contribution in [0.1, 0.15) is 52.4 Å². The molecule has 0 radical (unpaired) electrons. The van der Waals surface area contributed by atoms with Crippen molar-refractivity contribution < 1.29 is 14.3 Å². The summed E-state index contributed by atoms with van der Waals surface area (Å²) in [5.74, 6) is 1.99. The third kappa shape index (κ3) is 2.95. The van der Waals surface area contributed by atoms with Crippen LogP contribution in [0.15, 0.2) is 0 Å². The van der Waals surface area contributed by atoms with Crippen molar-refractivity contribution in [1.29, 1.82) is 0 Å². The Morgan fingerprint density at radius 1 is 1.05 bits per heavy atom. The predicted molar refractivity (Wildman–Crippen MR) is 83.2 cm³/mol. The summed E-state index contributed by atoms with van der Waals surface area (Å²) in [7, 11) is 1.36. The first-order valence-electron chi connectivity index (χ1n) is 8.57. The molecule has 4 aliphatic rings. The Bertz CT molecular complexity index is 426. The molecule has 5 heteroatoms. The van der Waals surface area contributed by atoms with Gasteiger partial charge in [0, 0.05) is 5.54 Å². The molecule has 0 spiro atoms. The molecule has 2 amide bonds. The molecule has 4 saturated carbocycles. The van der Waals surface area contributed by atoms with Crippen LogP contribution in [-0.4, -0.2) is 30.7 Å². The zero-order chi connectivity index (χ0) is 15.9. The van der Waals surface area contributed by atoms with E-state index in [0.29, 0.717) is 0 Å². The van der Waals surface area contributed by atoms with Gasteiger partial charge >= 0.3 is 12.0 Å². The summed E-state index contributed by atoms with van der Waals surface area (Å²) >= 11 is 0. The molecule has 0 saturated heterocycles. The molecular formula is C17H28N2O3. The van der Waals surface area contributed by atoms with E-state index in [2.05, 4.69) is 10.6 Å². The van der Waals surface area contributed by atoms with Gasteiger partial charge in [-0.15, -0.1) is 0 Å². The van der Waals surface area contributed by atoms with Gasteiger partial charge in [-0.05, 0) is 62.2 Å². The second-order valence-electron chi connectivity index (χ2n) is 8.04. The SMILES string of the molecule is COC(=O)[C@@H](NC(=O)NC12CC3CC(CC(C3)C1)C2)C(C)C. The average molecular weight is 308 g/mol. The molecule has 4 fully saturated rings. The van der Waals surface area contributed by atoms with Crippen LogP contribution in [0.5, 0.6) is 0 Å². The third-order valence-electron chi connectivity index (χ3n) is 5.83. The first-order valence-corrected chi connectivity index (χ1v) is 8.57. The van der Waals surface area contributed by atoms with Crippen molar-refractivity contribution in [3.05, 3.63) is 0 Å². The number of urea groups is 1. The number of amides is 2. The molecule has 4 aliphatic carbocycles. The van der Waals surface area contributed by atoms with E-state index in [9.17, 15) is 9.59 Å². The van der Waals surface area contributed by atoms with Crippen molar-refractivity contribution in [1.82, 2.24) is 10.6 Å². The molecule has 0 aliphatic heterocycles. The second kappa shape index (κ2) is 5.74. The number of ether oxygens (including phenoxy) is 1. The molecule has 0 aromatic carbocycles. The van der Waals surface area contributed by atoms with Crippen LogP contribution in [0.25, 0.3) is 0 Å². The lowest BCUT2D eigenvalue weighted by Crippen LogP contribution is -2.63. The molecule has 22 heavy (non-hydrogen) atoms. The molecule has 4 bridgehead atoms. The summed E-state index contributed by atoms with van der Waals surface area (Å²) in [6.07, 6.45) is 7.36. The standard InChI is InChI=1S/C17H28N2O3/c1-10(2)14(15(20)22-3)18-16(21)19-17-7-11-4-12(8-17)6-13(5-11)9-17/h10-14H,4-9H2,1-3H3,(H2,18,19,21)/t11?,12?,13?,14-,17?/m0/s1. The first kappa shape index (κ1) is 15.6. The van der Waals surface area contributed by atoms with E-state index in [4.69, 9.17) is 4.74 Å². The number of rotatable bonds is 4. The lowest BCUT2D eigenvalue weighted by molar-refractivity contribution is -0.144. The summed E-state index contributed by atoms with van der Waals surface area (Å²) in [6, 6.07) is -0.801. The topological polar surface area (TPSA) is 67.4 Å². The zero-order valence-electron chi connectivity index (χ0n) is 13.9. The predicted octanol–water partition coefficient (Wildman–Crippen LogP) is 2.45. The van der Waals surface area contributed by atoms with Gasteiger partial charge in [-0.25, -0.2) is 9.59 Å².